The first kappa shape index (κ1) is 20.3. The highest BCUT2D eigenvalue weighted by Crippen LogP contribution is 2.25. The number of aliphatic hydroxyl groups excluding tert-OH is 1. The summed E-state index contributed by atoms with van der Waals surface area (Å²) in [6.07, 6.45) is 4.26. The maximum atomic E-state index is 11.8. The van der Waals surface area contributed by atoms with Crippen molar-refractivity contribution >= 4 is 17.7 Å². The van der Waals surface area contributed by atoms with Crippen LogP contribution in [0.25, 0.3) is 0 Å². The average Bonchev–Trinajstić information content (AvgIpc) is 2.69. The second-order valence-corrected chi connectivity index (χ2v) is 7.07. The van der Waals surface area contributed by atoms with E-state index in [0.29, 0.717) is 12.2 Å². The fourth-order valence-electron chi connectivity index (χ4n) is 2.53. The molecule has 0 bridgehead atoms. The predicted molar refractivity (Wildman–Crippen MR) is 105 cm³/mol. The average molecular weight is 375 g/mol. The largest absolute Gasteiger partial charge is 0.489 e. The highest BCUT2D eigenvalue weighted by molar-refractivity contribution is 7.99. The fraction of sp³-hybridized carbons (Fsp3) is 0.381. The summed E-state index contributed by atoms with van der Waals surface area (Å²) in [6, 6.07) is 15.3. The topological polar surface area (TPSA) is 55.8 Å². The molecule has 0 aliphatic heterocycles. The lowest BCUT2D eigenvalue weighted by atomic mass is 10.1. The Balaban J connectivity index is 1.86. The van der Waals surface area contributed by atoms with Crippen molar-refractivity contribution in [2.24, 2.45) is 0 Å². The van der Waals surface area contributed by atoms with Gasteiger partial charge in [-0.1, -0.05) is 37.1 Å². The first-order valence-electron chi connectivity index (χ1n) is 8.87. The molecule has 0 heterocycles. The zero-order valence-corrected chi connectivity index (χ0v) is 16.0. The molecule has 2 rings (SSSR count). The third kappa shape index (κ3) is 6.73. The second kappa shape index (κ2) is 11.6. The molecule has 0 saturated carbocycles. The Labute approximate surface area is 159 Å². The van der Waals surface area contributed by atoms with Gasteiger partial charge in [0, 0.05) is 17.1 Å². The molecule has 0 unspecified atom stereocenters. The molecule has 0 fully saturated rings. The van der Waals surface area contributed by atoms with Crippen LogP contribution in [0.3, 0.4) is 0 Å². The van der Waals surface area contributed by atoms with Gasteiger partial charge in [-0.15, -0.1) is 11.8 Å². The lowest BCUT2D eigenvalue weighted by molar-refractivity contribution is 0.0597. The van der Waals surface area contributed by atoms with E-state index in [1.165, 1.54) is 12.0 Å². The summed E-state index contributed by atoms with van der Waals surface area (Å²) < 4.78 is 10.7. The van der Waals surface area contributed by atoms with Crippen LogP contribution in [0.1, 0.15) is 41.6 Å². The molecule has 26 heavy (non-hydrogen) atoms. The zero-order chi connectivity index (χ0) is 18.6. The van der Waals surface area contributed by atoms with Crippen molar-refractivity contribution in [3.63, 3.8) is 0 Å². The van der Waals surface area contributed by atoms with Crippen LogP contribution in [-0.2, 0) is 11.3 Å². The van der Waals surface area contributed by atoms with Crippen molar-refractivity contribution in [2.75, 3.05) is 19.5 Å². The first-order chi connectivity index (χ1) is 12.7. The summed E-state index contributed by atoms with van der Waals surface area (Å²) in [6.45, 7) is 0.603. The maximum absolute atomic E-state index is 11.8. The van der Waals surface area contributed by atoms with Gasteiger partial charge in [0.1, 0.15) is 12.4 Å². The quantitative estimate of drug-likeness (QED) is 0.351. The van der Waals surface area contributed by atoms with E-state index < -0.39 is 0 Å². The molecule has 0 aliphatic carbocycles. The summed E-state index contributed by atoms with van der Waals surface area (Å²) in [5, 5.41) is 8.78. The highest BCUT2D eigenvalue weighted by atomic mass is 32.2. The number of ether oxygens (including phenoxy) is 2. The van der Waals surface area contributed by atoms with Crippen molar-refractivity contribution in [2.45, 2.75) is 37.2 Å². The molecule has 0 radical (unpaired) electrons. The molecular weight excluding hydrogens is 348 g/mol. The number of aliphatic hydroxyl groups is 1. The molecule has 1 N–H and O–H groups in total. The lowest BCUT2D eigenvalue weighted by Gasteiger charge is -2.11. The van der Waals surface area contributed by atoms with Gasteiger partial charge in [0.2, 0.25) is 0 Å². The summed E-state index contributed by atoms with van der Waals surface area (Å²) in [4.78, 5) is 13.0. The third-order valence-corrected chi connectivity index (χ3v) is 5.02. The number of carbonyl (C=O) groups excluding carboxylic acids is 1. The van der Waals surface area contributed by atoms with E-state index in [4.69, 9.17) is 14.6 Å². The highest BCUT2D eigenvalue weighted by Gasteiger charge is 2.11. The number of unbranched alkanes of at least 4 members (excludes halogenated alkanes) is 3. The number of benzene rings is 2. The first-order valence-corrected chi connectivity index (χ1v) is 9.86. The molecule has 2 aromatic rings. The molecule has 140 valence electrons. The Morgan fingerprint density at radius 3 is 2.65 bits per heavy atom. The van der Waals surface area contributed by atoms with Gasteiger partial charge >= 0.3 is 5.97 Å². The summed E-state index contributed by atoms with van der Waals surface area (Å²) in [5.41, 5.74) is 1.34. The monoisotopic (exact) mass is 374 g/mol. The normalized spacial score (nSPS) is 10.5. The predicted octanol–water partition coefficient (Wildman–Crippen LogP) is 4.70. The van der Waals surface area contributed by atoms with Gasteiger partial charge in [-0.25, -0.2) is 4.79 Å². The van der Waals surface area contributed by atoms with Crippen LogP contribution in [-0.4, -0.2) is 30.5 Å². The van der Waals surface area contributed by atoms with Crippen LogP contribution >= 0.6 is 11.8 Å². The van der Waals surface area contributed by atoms with Crippen molar-refractivity contribution < 1.29 is 19.4 Å². The molecule has 0 aromatic heterocycles. The number of esters is 1. The minimum atomic E-state index is -0.352. The van der Waals surface area contributed by atoms with Crippen molar-refractivity contribution in [1.29, 1.82) is 0 Å². The minimum Gasteiger partial charge on any atom is -0.489 e. The zero-order valence-electron chi connectivity index (χ0n) is 15.1. The van der Waals surface area contributed by atoms with Gasteiger partial charge < -0.3 is 14.6 Å². The van der Waals surface area contributed by atoms with E-state index in [1.807, 2.05) is 48.2 Å². The van der Waals surface area contributed by atoms with Crippen LogP contribution in [0.15, 0.2) is 53.4 Å². The van der Waals surface area contributed by atoms with E-state index in [-0.39, 0.29) is 12.6 Å². The van der Waals surface area contributed by atoms with Crippen LogP contribution in [0.5, 0.6) is 5.75 Å². The van der Waals surface area contributed by atoms with E-state index in [1.54, 1.807) is 6.07 Å². The number of hydrogen-bond acceptors (Lipinski definition) is 5. The second-order valence-electron chi connectivity index (χ2n) is 5.90. The van der Waals surface area contributed by atoms with E-state index in [0.717, 1.165) is 42.7 Å². The Hall–Kier alpha value is -1.98. The van der Waals surface area contributed by atoms with Gasteiger partial charge in [-0.05, 0) is 42.9 Å². The smallest absolute Gasteiger partial charge is 0.338 e. The van der Waals surface area contributed by atoms with Crippen LogP contribution in [0, 0.1) is 0 Å². The Kier molecular flexibility index (Phi) is 9.07. The van der Waals surface area contributed by atoms with E-state index >= 15 is 0 Å². The molecule has 2 aromatic carbocycles. The number of hydrogen-bond donors (Lipinski definition) is 1. The van der Waals surface area contributed by atoms with Crippen molar-refractivity contribution in [3.05, 3.63) is 59.7 Å². The molecule has 4 nitrogen and oxygen atoms in total. The van der Waals surface area contributed by atoms with E-state index in [9.17, 15) is 4.79 Å². The van der Waals surface area contributed by atoms with Crippen LogP contribution < -0.4 is 4.74 Å². The lowest BCUT2D eigenvalue weighted by Crippen LogP contribution is -2.07. The minimum absolute atomic E-state index is 0.283. The van der Waals surface area contributed by atoms with Crippen LogP contribution in [0.4, 0.5) is 0 Å². The fourth-order valence-corrected chi connectivity index (χ4v) is 3.49. The molecule has 0 spiro atoms. The van der Waals surface area contributed by atoms with Crippen molar-refractivity contribution in [1.82, 2.24) is 0 Å². The number of carbonyl (C=O) groups is 1. The molecule has 0 aliphatic rings. The third-order valence-electron chi connectivity index (χ3n) is 3.94. The van der Waals surface area contributed by atoms with Crippen LogP contribution in [0.2, 0.25) is 0 Å². The van der Waals surface area contributed by atoms with E-state index in [2.05, 4.69) is 6.07 Å². The molecule has 0 atom stereocenters. The summed E-state index contributed by atoms with van der Waals surface area (Å²) in [7, 11) is 1.38. The van der Waals surface area contributed by atoms with Gasteiger partial charge in [-0.3, -0.25) is 0 Å². The van der Waals surface area contributed by atoms with Gasteiger partial charge in [0.05, 0.1) is 12.7 Å². The molecule has 5 heteroatoms. The standard InChI is InChI=1S/C21H26O4S/c1-24-21(23)20-12-5-4-9-17(20)16-25-18-10-8-11-19(15-18)26-14-7-3-2-6-13-22/h4-5,8-12,15,22H,2-3,6-7,13-14,16H2,1H3. The maximum Gasteiger partial charge on any atom is 0.338 e. The van der Waals surface area contributed by atoms with Gasteiger partial charge in [0.25, 0.3) is 0 Å². The SMILES string of the molecule is COC(=O)c1ccccc1COc1cccc(SCCCCCCO)c1. The molecule has 0 amide bonds. The Bertz CT molecular complexity index is 687. The summed E-state index contributed by atoms with van der Waals surface area (Å²) >= 11 is 1.81. The summed E-state index contributed by atoms with van der Waals surface area (Å²) in [5.74, 6) is 1.49. The number of thioether (sulfide) groups is 1. The molecular formula is C21H26O4S. The Morgan fingerprint density at radius 1 is 1.04 bits per heavy atom. The number of rotatable bonds is 11. The van der Waals surface area contributed by atoms with Gasteiger partial charge in [-0.2, -0.15) is 0 Å². The Morgan fingerprint density at radius 2 is 1.85 bits per heavy atom. The number of methoxy groups -OCH3 is 1. The van der Waals surface area contributed by atoms with Gasteiger partial charge in [0.15, 0.2) is 0 Å². The molecule has 0 saturated heterocycles. The van der Waals surface area contributed by atoms with Crippen molar-refractivity contribution in [3.8, 4) is 5.75 Å².